The second kappa shape index (κ2) is 6.68. The van der Waals surface area contributed by atoms with Gasteiger partial charge in [-0.1, -0.05) is 29.8 Å². The number of aromatic nitrogens is 1. The van der Waals surface area contributed by atoms with E-state index in [2.05, 4.69) is 4.98 Å². The number of hydrogen-bond acceptors (Lipinski definition) is 3. The quantitative estimate of drug-likeness (QED) is 0.835. The van der Waals surface area contributed by atoms with Gasteiger partial charge in [-0.3, -0.25) is 9.78 Å². The third-order valence-corrected chi connectivity index (χ3v) is 5.72. The van der Waals surface area contributed by atoms with Gasteiger partial charge in [0.1, 0.15) is 17.5 Å². The van der Waals surface area contributed by atoms with Crippen molar-refractivity contribution < 1.29 is 9.53 Å². The Morgan fingerprint density at radius 2 is 2.04 bits per heavy atom. The van der Waals surface area contributed by atoms with Gasteiger partial charge in [-0.2, -0.15) is 0 Å². The Hall–Kier alpha value is -2.07. The highest BCUT2D eigenvalue weighted by Crippen LogP contribution is 2.41. The van der Waals surface area contributed by atoms with Crippen molar-refractivity contribution in [1.29, 1.82) is 0 Å². The van der Waals surface area contributed by atoms with Crippen LogP contribution in [0.15, 0.2) is 42.6 Å². The molecule has 1 aliphatic heterocycles. The normalized spacial score (nSPS) is 25.0. The van der Waals surface area contributed by atoms with Crippen molar-refractivity contribution in [2.24, 2.45) is 11.8 Å². The first-order valence-corrected chi connectivity index (χ1v) is 9.13. The Morgan fingerprint density at radius 1 is 1.20 bits per heavy atom. The Balaban J connectivity index is 1.47. The SMILES string of the molecule is Cc1cccnc1C(=O)N1C[C@@H]2CC[C@H](Oc3ccccc3Cl)[C@@H]2C1. The molecule has 4 rings (SSSR count). The number of fused-ring (bicyclic) bond motifs is 1. The van der Waals surface area contributed by atoms with E-state index in [-0.39, 0.29) is 12.0 Å². The number of aryl methyl sites for hydroxylation is 1. The first kappa shape index (κ1) is 16.4. The van der Waals surface area contributed by atoms with E-state index in [0.717, 1.165) is 37.2 Å². The number of benzene rings is 1. The molecule has 0 bridgehead atoms. The van der Waals surface area contributed by atoms with Crippen LogP contribution < -0.4 is 4.74 Å². The Bertz CT molecular complexity index is 795. The molecule has 1 amide bonds. The number of amides is 1. The summed E-state index contributed by atoms with van der Waals surface area (Å²) in [5, 5.41) is 0.640. The van der Waals surface area contributed by atoms with E-state index in [0.29, 0.717) is 22.6 Å². The minimum absolute atomic E-state index is 0.0315. The summed E-state index contributed by atoms with van der Waals surface area (Å²) < 4.78 is 6.19. The highest BCUT2D eigenvalue weighted by atomic mass is 35.5. The molecule has 130 valence electrons. The molecule has 0 spiro atoms. The summed E-state index contributed by atoms with van der Waals surface area (Å²) >= 11 is 6.22. The molecular formula is C20H21ClN2O2. The summed E-state index contributed by atoms with van der Waals surface area (Å²) in [6.45, 7) is 3.46. The van der Waals surface area contributed by atoms with Gasteiger partial charge in [0.25, 0.3) is 5.91 Å². The van der Waals surface area contributed by atoms with E-state index < -0.39 is 0 Å². The monoisotopic (exact) mass is 356 g/mol. The molecule has 4 nitrogen and oxygen atoms in total. The van der Waals surface area contributed by atoms with Gasteiger partial charge in [-0.25, -0.2) is 0 Å². The average Bonchev–Trinajstić information content (AvgIpc) is 3.19. The molecule has 5 heteroatoms. The van der Waals surface area contributed by atoms with Crippen molar-refractivity contribution in [3.8, 4) is 5.75 Å². The molecule has 1 aromatic heterocycles. The molecule has 1 aliphatic carbocycles. The van der Waals surface area contributed by atoms with Crippen LogP contribution in [-0.2, 0) is 0 Å². The van der Waals surface area contributed by atoms with Crippen LogP contribution in [-0.4, -0.2) is 35.0 Å². The third kappa shape index (κ3) is 3.11. The summed E-state index contributed by atoms with van der Waals surface area (Å²) in [5.41, 5.74) is 1.49. The zero-order valence-corrected chi connectivity index (χ0v) is 14.9. The number of halogens is 1. The first-order valence-electron chi connectivity index (χ1n) is 8.75. The molecule has 1 saturated carbocycles. The average molecular weight is 357 g/mol. The van der Waals surface area contributed by atoms with Gasteiger partial charge in [-0.15, -0.1) is 0 Å². The van der Waals surface area contributed by atoms with E-state index in [4.69, 9.17) is 16.3 Å². The minimum Gasteiger partial charge on any atom is -0.489 e. The third-order valence-electron chi connectivity index (χ3n) is 5.41. The molecular weight excluding hydrogens is 336 g/mol. The highest BCUT2D eigenvalue weighted by molar-refractivity contribution is 6.32. The molecule has 2 heterocycles. The fourth-order valence-corrected chi connectivity index (χ4v) is 4.27. The van der Waals surface area contributed by atoms with Crippen LogP contribution in [0.3, 0.4) is 0 Å². The van der Waals surface area contributed by atoms with Gasteiger partial charge in [0, 0.05) is 25.2 Å². The van der Waals surface area contributed by atoms with Crippen LogP contribution in [0.2, 0.25) is 5.02 Å². The van der Waals surface area contributed by atoms with Gasteiger partial charge < -0.3 is 9.64 Å². The topological polar surface area (TPSA) is 42.4 Å². The molecule has 2 aromatic rings. The maximum absolute atomic E-state index is 12.8. The fourth-order valence-electron chi connectivity index (χ4n) is 4.09. The Morgan fingerprint density at radius 3 is 2.84 bits per heavy atom. The van der Waals surface area contributed by atoms with Crippen molar-refractivity contribution in [3.63, 3.8) is 0 Å². The molecule has 25 heavy (non-hydrogen) atoms. The number of rotatable bonds is 3. The van der Waals surface area contributed by atoms with Crippen molar-refractivity contribution in [2.75, 3.05) is 13.1 Å². The lowest BCUT2D eigenvalue weighted by molar-refractivity contribution is 0.0756. The summed E-state index contributed by atoms with van der Waals surface area (Å²) in [5.74, 6) is 1.63. The van der Waals surface area contributed by atoms with Gasteiger partial charge in [0.15, 0.2) is 0 Å². The lowest BCUT2D eigenvalue weighted by Gasteiger charge is -2.22. The highest BCUT2D eigenvalue weighted by Gasteiger charge is 2.45. The number of pyridine rings is 1. The van der Waals surface area contributed by atoms with Crippen LogP contribution in [0.4, 0.5) is 0 Å². The molecule has 1 saturated heterocycles. The number of nitrogens with zero attached hydrogens (tertiary/aromatic N) is 2. The second-order valence-electron chi connectivity index (χ2n) is 6.97. The lowest BCUT2D eigenvalue weighted by Crippen LogP contribution is -2.33. The predicted molar refractivity (Wildman–Crippen MR) is 97.0 cm³/mol. The molecule has 0 unspecified atom stereocenters. The van der Waals surface area contributed by atoms with Gasteiger partial charge in [0.05, 0.1) is 5.02 Å². The van der Waals surface area contributed by atoms with Crippen LogP contribution in [0.5, 0.6) is 5.75 Å². The van der Waals surface area contributed by atoms with Crippen LogP contribution >= 0.6 is 11.6 Å². The van der Waals surface area contributed by atoms with Crippen LogP contribution in [0.1, 0.15) is 28.9 Å². The Kier molecular flexibility index (Phi) is 4.38. The lowest BCUT2D eigenvalue weighted by atomic mass is 9.99. The van der Waals surface area contributed by atoms with E-state index in [1.165, 1.54) is 0 Å². The smallest absolute Gasteiger partial charge is 0.272 e. The minimum atomic E-state index is 0.0315. The Labute approximate surface area is 152 Å². The maximum Gasteiger partial charge on any atom is 0.272 e. The zero-order chi connectivity index (χ0) is 17.4. The van der Waals surface area contributed by atoms with Gasteiger partial charge in [-0.05, 0) is 49.4 Å². The maximum atomic E-state index is 12.8. The summed E-state index contributed by atoms with van der Waals surface area (Å²) in [6, 6.07) is 11.4. The molecule has 2 aliphatic rings. The standard InChI is InChI=1S/C20H21ClN2O2/c1-13-5-4-10-22-19(13)20(24)23-11-14-8-9-17(15(14)12-23)25-18-7-3-2-6-16(18)21/h2-7,10,14-15,17H,8-9,11-12H2,1H3/t14-,15+,17-/m0/s1. The summed E-state index contributed by atoms with van der Waals surface area (Å²) in [6.07, 6.45) is 3.91. The number of hydrogen-bond donors (Lipinski definition) is 0. The zero-order valence-electron chi connectivity index (χ0n) is 14.2. The molecule has 0 N–H and O–H groups in total. The van der Waals surface area contributed by atoms with E-state index in [1.807, 2.05) is 48.2 Å². The van der Waals surface area contributed by atoms with Crippen molar-refractivity contribution in [2.45, 2.75) is 25.9 Å². The van der Waals surface area contributed by atoms with Crippen molar-refractivity contribution >= 4 is 17.5 Å². The molecule has 3 atom stereocenters. The number of likely N-dealkylation sites (tertiary alicyclic amines) is 1. The number of ether oxygens (including phenoxy) is 1. The largest absolute Gasteiger partial charge is 0.489 e. The first-order chi connectivity index (χ1) is 12.1. The molecule has 0 radical (unpaired) electrons. The van der Waals surface area contributed by atoms with Crippen molar-refractivity contribution in [3.05, 3.63) is 58.9 Å². The summed E-state index contributed by atoms with van der Waals surface area (Å²) in [4.78, 5) is 19.0. The van der Waals surface area contributed by atoms with E-state index >= 15 is 0 Å². The van der Waals surface area contributed by atoms with E-state index in [1.54, 1.807) is 6.20 Å². The van der Waals surface area contributed by atoms with E-state index in [9.17, 15) is 4.79 Å². The number of carbonyl (C=O) groups is 1. The molecule has 1 aromatic carbocycles. The van der Waals surface area contributed by atoms with Crippen LogP contribution in [0, 0.1) is 18.8 Å². The van der Waals surface area contributed by atoms with Gasteiger partial charge >= 0.3 is 0 Å². The van der Waals surface area contributed by atoms with Crippen molar-refractivity contribution in [1.82, 2.24) is 9.88 Å². The second-order valence-corrected chi connectivity index (χ2v) is 7.37. The predicted octanol–water partition coefficient (Wildman–Crippen LogP) is 3.97. The van der Waals surface area contributed by atoms with Gasteiger partial charge in [0.2, 0.25) is 0 Å². The number of para-hydroxylation sites is 1. The van der Waals surface area contributed by atoms with Crippen LogP contribution in [0.25, 0.3) is 0 Å². The fraction of sp³-hybridized carbons (Fsp3) is 0.400. The number of carbonyl (C=O) groups excluding carboxylic acids is 1. The summed E-state index contributed by atoms with van der Waals surface area (Å²) in [7, 11) is 0. The molecule has 2 fully saturated rings.